The third-order valence-electron chi connectivity index (χ3n) is 3.12. The highest BCUT2D eigenvalue weighted by molar-refractivity contribution is 9.10. The van der Waals surface area contributed by atoms with Crippen molar-refractivity contribution in [3.8, 4) is 0 Å². The van der Waals surface area contributed by atoms with E-state index < -0.39 is 0 Å². The molecule has 90 valence electrons. The van der Waals surface area contributed by atoms with Gasteiger partial charge in [-0.2, -0.15) is 5.10 Å². The number of fused-ring (bicyclic) bond motifs is 1. The molecule has 1 atom stereocenters. The summed E-state index contributed by atoms with van der Waals surface area (Å²) in [5.74, 6) is 0.452. The lowest BCUT2D eigenvalue weighted by molar-refractivity contribution is 0.454. The summed E-state index contributed by atoms with van der Waals surface area (Å²) in [4.78, 5) is 4.65. The number of hydrogen-bond acceptors (Lipinski definition) is 3. The first kappa shape index (κ1) is 11.4. The van der Waals surface area contributed by atoms with Crippen LogP contribution in [0.2, 0.25) is 5.15 Å². The Kier molecular flexibility index (Phi) is 3.06. The molecule has 0 aromatic carbocycles. The van der Waals surface area contributed by atoms with Crippen LogP contribution in [-0.4, -0.2) is 27.7 Å². The molecule has 17 heavy (non-hydrogen) atoms. The predicted molar refractivity (Wildman–Crippen MR) is 70.5 cm³/mol. The molecule has 3 heterocycles. The molecule has 1 unspecified atom stereocenters. The molecule has 6 heteroatoms. The Balaban J connectivity index is 2.07. The molecule has 0 radical (unpaired) electrons. The molecule has 0 saturated carbocycles. The van der Waals surface area contributed by atoms with Crippen LogP contribution in [0.5, 0.6) is 0 Å². The maximum absolute atomic E-state index is 6.21. The lowest BCUT2D eigenvalue weighted by Crippen LogP contribution is -2.29. The van der Waals surface area contributed by atoms with E-state index in [1.165, 1.54) is 6.42 Å². The molecular weight excluding hydrogens is 304 g/mol. The molecule has 1 N–H and O–H groups in total. The topological polar surface area (TPSA) is 42.2 Å². The van der Waals surface area contributed by atoms with Gasteiger partial charge in [-0.15, -0.1) is 0 Å². The molecule has 1 aliphatic rings. The molecule has 1 aliphatic heterocycles. The van der Waals surface area contributed by atoms with Crippen molar-refractivity contribution in [1.29, 1.82) is 0 Å². The van der Waals surface area contributed by atoms with Crippen LogP contribution >= 0.6 is 27.5 Å². The fourth-order valence-corrected chi connectivity index (χ4v) is 2.81. The predicted octanol–water partition coefficient (Wildman–Crippen LogP) is 2.61. The van der Waals surface area contributed by atoms with Gasteiger partial charge >= 0.3 is 0 Å². The Bertz CT molecular complexity index is 548. The Morgan fingerprint density at radius 3 is 3.18 bits per heavy atom. The zero-order valence-electron chi connectivity index (χ0n) is 9.16. The van der Waals surface area contributed by atoms with Gasteiger partial charge in [0.1, 0.15) is 5.15 Å². The minimum Gasteiger partial charge on any atom is -0.316 e. The normalized spacial score (nSPS) is 20.9. The molecule has 1 fully saturated rings. The second kappa shape index (κ2) is 4.55. The van der Waals surface area contributed by atoms with Gasteiger partial charge in [0.15, 0.2) is 5.65 Å². The minimum absolute atomic E-state index is 0.452. The van der Waals surface area contributed by atoms with Crippen LogP contribution in [-0.2, 0) is 0 Å². The van der Waals surface area contributed by atoms with E-state index in [0.29, 0.717) is 11.1 Å². The summed E-state index contributed by atoms with van der Waals surface area (Å²) in [7, 11) is 0. The van der Waals surface area contributed by atoms with Crippen LogP contribution < -0.4 is 5.32 Å². The highest BCUT2D eigenvalue weighted by Crippen LogP contribution is 2.26. The SMILES string of the molecule is Clc1cc(C2CCCNC2)nc2c(Br)cnn12. The molecular formula is C11H12BrClN4. The quantitative estimate of drug-likeness (QED) is 0.823. The zero-order valence-corrected chi connectivity index (χ0v) is 11.5. The van der Waals surface area contributed by atoms with Crippen molar-refractivity contribution < 1.29 is 0 Å². The van der Waals surface area contributed by atoms with Crippen molar-refractivity contribution in [3.05, 3.63) is 27.6 Å². The van der Waals surface area contributed by atoms with E-state index in [0.717, 1.165) is 35.3 Å². The molecule has 0 spiro atoms. The average Bonchev–Trinajstić information content (AvgIpc) is 2.73. The standard InChI is InChI=1S/C11H12BrClN4/c12-8-6-15-17-10(13)4-9(16-11(8)17)7-2-1-3-14-5-7/h4,6-7,14H,1-3,5H2. The molecule has 0 bridgehead atoms. The van der Waals surface area contributed by atoms with E-state index in [1.54, 1.807) is 10.7 Å². The van der Waals surface area contributed by atoms with Crippen molar-refractivity contribution in [1.82, 2.24) is 19.9 Å². The van der Waals surface area contributed by atoms with Crippen LogP contribution in [0.3, 0.4) is 0 Å². The van der Waals surface area contributed by atoms with Crippen LogP contribution in [0.1, 0.15) is 24.5 Å². The zero-order chi connectivity index (χ0) is 11.8. The monoisotopic (exact) mass is 314 g/mol. The Morgan fingerprint density at radius 1 is 1.53 bits per heavy atom. The van der Waals surface area contributed by atoms with Gasteiger partial charge < -0.3 is 5.32 Å². The molecule has 2 aromatic rings. The fourth-order valence-electron chi connectivity index (χ4n) is 2.23. The van der Waals surface area contributed by atoms with E-state index in [1.807, 2.05) is 6.07 Å². The number of halogens is 2. The van der Waals surface area contributed by atoms with Crippen molar-refractivity contribution >= 4 is 33.2 Å². The summed E-state index contributed by atoms with van der Waals surface area (Å²) in [6.45, 7) is 2.08. The van der Waals surface area contributed by atoms with Crippen molar-refractivity contribution in [2.45, 2.75) is 18.8 Å². The fraction of sp³-hybridized carbons (Fsp3) is 0.455. The maximum atomic E-state index is 6.21. The summed E-state index contributed by atoms with van der Waals surface area (Å²) < 4.78 is 2.52. The van der Waals surface area contributed by atoms with Crippen LogP contribution in [0.4, 0.5) is 0 Å². The summed E-state index contributed by atoms with van der Waals surface area (Å²) in [6, 6.07) is 1.92. The number of aromatic nitrogens is 3. The minimum atomic E-state index is 0.452. The summed E-state index contributed by atoms with van der Waals surface area (Å²) in [5.41, 5.74) is 1.84. The van der Waals surface area contributed by atoms with Gasteiger partial charge in [0.2, 0.25) is 0 Å². The first-order valence-electron chi connectivity index (χ1n) is 5.66. The number of nitrogens with one attached hydrogen (secondary N) is 1. The van der Waals surface area contributed by atoms with Crippen molar-refractivity contribution in [3.63, 3.8) is 0 Å². The van der Waals surface area contributed by atoms with E-state index in [-0.39, 0.29) is 0 Å². The van der Waals surface area contributed by atoms with Gasteiger partial charge in [-0.25, -0.2) is 9.50 Å². The van der Waals surface area contributed by atoms with E-state index in [4.69, 9.17) is 11.6 Å². The number of nitrogens with zero attached hydrogens (tertiary/aromatic N) is 3. The number of hydrogen-bond donors (Lipinski definition) is 1. The smallest absolute Gasteiger partial charge is 0.171 e. The molecule has 0 amide bonds. The molecule has 3 rings (SSSR count). The van der Waals surface area contributed by atoms with Crippen LogP contribution in [0.25, 0.3) is 5.65 Å². The second-order valence-electron chi connectivity index (χ2n) is 4.27. The lowest BCUT2D eigenvalue weighted by Gasteiger charge is -2.22. The van der Waals surface area contributed by atoms with E-state index in [9.17, 15) is 0 Å². The van der Waals surface area contributed by atoms with Crippen molar-refractivity contribution in [2.75, 3.05) is 13.1 Å². The molecule has 1 saturated heterocycles. The van der Waals surface area contributed by atoms with Gasteiger partial charge in [-0.05, 0) is 41.4 Å². The van der Waals surface area contributed by atoms with E-state index in [2.05, 4.69) is 31.3 Å². The largest absolute Gasteiger partial charge is 0.316 e. The van der Waals surface area contributed by atoms with Gasteiger partial charge in [0.25, 0.3) is 0 Å². The first-order valence-corrected chi connectivity index (χ1v) is 6.83. The third kappa shape index (κ3) is 2.07. The molecule has 2 aromatic heterocycles. The van der Waals surface area contributed by atoms with Gasteiger partial charge in [0.05, 0.1) is 16.4 Å². The third-order valence-corrected chi connectivity index (χ3v) is 3.95. The number of piperidine rings is 1. The average molecular weight is 316 g/mol. The van der Waals surface area contributed by atoms with Crippen molar-refractivity contribution in [2.24, 2.45) is 0 Å². The van der Waals surface area contributed by atoms with Gasteiger partial charge in [-0.1, -0.05) is 11.6 Å². The summed E-state index contributed by atoms with van der Waals surface area (Å²) in [6.07, 6.45) is 4.07. The number of rotatable bonds is 1. The Morgan fingerprint density at radius 2 is 2.41 bits per heavy atom. The highest BCUT2D eigenvalue weighted by atomic mass is 79.9. The summed E-state index contributed by atoms with van der Waals surface area (Å²) >= 11 is 9.65. The molecule has 0 aliphatic carbocycles. The maximum Gasteiger partial charge on any atom is 0.171 e. The Labute approximate surface area is 112 Å². The Hall–Kier alpha value is -0.650. The van der Waals surface area contributed by atoms with Crippen LogP contribution in [0.15, 0.2) is 16.7 Å². The van der Waals surface area contributed by atoms with E-state index >= 15 is 0 Å². The highest BCUT2D eigenvalue weighted by Gasteiger charge is 2.19. The lowest BCUT2D eigenvalue weighted by atomic mass is 9.96. The van der Waals surface area contributed by atoms with Gasteiger partial charge in [0, 0.05) is 12.5 Å². The first-order chi connectivity index (χ1) is 8.25. The summed E-state index contributed by atoms with van der Waals surface area (Å²) in [5, 5.41) is 8.17. The van der Waals surface area contributed by atoms with Crippen LogP contribution in [0, 0.1) is 0 Å². The van der Waals surface area contributed by atoms with Gasteiger partial charge in [-0.3, -0.25) is 0 Å². The second-order valence-corrected chi connectivity index (χ2v) is 5.52. The molecule has 4 nitrogen and oxygen atoms in total.